The van der Waals surface area contributed by atoms with E-state index in [4.69, 9.17) is 0 Å². The molecule has 1 heterocycles. The first kappa shape index (κ1) is 16.5. The van der Waals surface area contributed by atoms with Crippen LogP contribution in [0.1, 0.15) is 29.5 Å². The Bertz CT molecular complexity index is 730. The average Bonchev–Trinajstić information content (AvgIpc) is 2.60. The molecule has 3 rings (SSSR count). The van der Waals surface area contributed by atoms with Crippen molar-refractivity contribution in [1.82, 2.24) is 0 Å². The average molecular weight is 326 g/mol. The van der Waals surface area contributed by atoms with Gasteiger partial charge in [-0.3, -0.25) is 0 Å². The Morgan fingerprint density at radius 2 is 2.12 bits per heavy atom. The Balaban J connectivity index is 1.66. The number of fused-ring (bicyclic) bond motifs is 1. The minimum Gasteiger partial charge on any atom is -0.381 e. The SMILES string of the molecule is CN1CCCc2ccc(CNc3ccc(CCC=O)c(F)c3)cc21. The number of nitrogens with zero attached hydrogens (tertiary/aromatic N) is 1. The van der Waals surface area contributed by atoms with Crippen LogP contribution in [0.25, 0.3) is 0 Å². The van der Waals surface area contributed by atoms with Crippen LogP contribution in [0.15, 0.2) is 36.4 Å². The molecule has 0 amide bonds. The van der Waals surface area contributed by atoms with E-state index in [9.17, 15) is 9.18 Å². The first-order valence-corrected chi connectivity index (χ1v) is 8.46. The summed E-state index contributed by atoms with van der Waals surface area (Å²) in [6, 6.07) is 11.7. The Morgan fingerprint density at radius 1 is 1.25 bits per heavy atom. The molecule has 0 bridgehead atoms. The summed E-state index contributed by atoms with van der Waals surface area (Å²) in [4.78, 5) is 12.7. The van der Waals surface area contributed by atoms with Crippen molar-refractivity contribution in [3.63, 3.8) is 0 Å². The first-order valence-electron chi connectivity index (χ1n) is 8.46. The Kier molecular flexibility index (Phi) is 5.14. The summed E-state index contributed by atoms with van der Waals surface area (Å²) in [7, 11) is 2.13. The Labute approximate surface area is 142 Å². The molecule has 0 radical (unpaired) electrons. The maximum atomic E-state index is 14.0. The molecule has 24 heavy (non-hydrogen) atoms. The molecule has 1 aliphatic heterocycles. The zero-order valence-electron chi connectivity index (χ0n) is 14.0. The fourth-order valence-corrected chi connectivity index (χ4v) is 3.19. The zero-order valence-corrected chi connectivity index (χ0v) is 14.0. The molecular formula is C20H23FN2O. The molecule has 126 valence electrons. The van der Waals surface area contributed by atoms with Gasteiger partial charge in [-0.25, -0.2) is 4.39 Å². The van der Waals surface area contributed by atoms with Crippen molar-refractivity contribution < 1.29 is 9.18 Å². The van der Waals surface area contributed by atoms with Crippen LogP contribution in [0.5, 0.6) is 0 Å². The normalized spacial score (nSPS) is 13.5. The monoisotopic (exact) mass is 326 g/mol. The van der Waals surface area contributed by atoms with Gasteiger partial charge in [-0.1, -0.05) is 18.2 Å². The molecule has 0 saturated carbocycles. The van der Waals surface area contributed by atoms with Gasteiger partial charge in [-0.05, 0) is 54.2 Å². The summed E-state index contributed by atoms with van der Waals surface area (Å²) in [5.74, 6) is -0.257. The van der Waals surface area contributed by atoms with Crippen LogP contribution in [-0.4, -0.2) is 19.9 Å². The molecule has 0 aromatic heterocycles. The van der Waals surface area contributed by atoms with Crippen molar-refractivity contribution >= 4 is 17.7 Å². The maximum Gasteiger partial charge on any atom is 0.128 e. The highest BCUT2D eigenvalue weighted by Gasteiger charge is 2.13. The lowest BCUT2D eigenvalue weighted by Gasteiger charge is -2.28. The quantitative estimate of drug-likeness (QED) is 0.816. The predicted molar refractivity (Wildman–Crippen MR) is 96.1 cm³/mol. The van der Waals surface area contributed by atoms with E-state index in [2.05, 4.69) is 35.5 Å². The number of hydrogen-bond donors (Lipinski definition) is 1. The van der Waals surface area contributed by atoms with Crippen LogP contribution < -0.4 is 10.2 Å². The molecule has 0 spiro atoms. The van der Waals surface area contributed by atoms with Crippen molar-refractivity contribution in [2.75, 3.05) is 23.8 Å². The second-order valence-electron chi connectivity index (χ2n) is 6.35. The summed E-state index contributed by atoms with van der Waals surface area (Å²) in [6.45, 7) is 1.76. The number of aryl methyl sites for hydroxylation is 2. The number of carbonyl (C=O) groups excluding carboxylic acids is 1. The van der Waals surface area contributed by atoms with E-state index in [-0.39, 0.29) is 5.82 Å². The summed E-state index contributed by atoms with van der Waals surface area (Å²) < 4.78 is 14.0. The van der Waals surface area contributed by atoms with Gasteiger partial charge in [0.1, 0.15) is 12.1 Å². The number of aldehydes is 1. The highest BCUT2D eigenvalue weighted by molar-refractivity contribution is 5.57. The van der Waals surface area contributed by atoms with Crippen molar-refractivity contribution in [3.8, 4) is 0 Å². The second-order valence-corrected chi connectivity index (χ2v) is 6.35. The lowest BCUT2D eigenvalue weighted by Crippen LogP contribution is -2.24. The fourth-order valence-electron chi connectivity index (χ4n) is 3.19. The van der Waals surface area contributed by atoms with E-state index in [1.54, 1.807) is 6.07 Å². The summed E-state index contributed by atoms with van der Waals surface area (Å²) in [6.07, 6.45) is 3.97. The van der Waals surface area contributed by atoms with Crippen LogP contribution in [0, 0.1) is 5.82 Å². The summed E-state index contributed by atoms with van der Waals surface area (Å²) in [5.41, 5.74) is 5.23. The number of nitrogens with one attached hydrogen (secondary N) is 1. The lowest BCUT2D eigenvalue weighted by atomic mass is 10.00. The van der Waals surface area contributed by atoms with Gasteiger partial charge in [0.2, 0.25) is 0 Å². The van der Waals surface area contributed by atoms with Crippen molar-refractivity contribution in [2.24, 2.45) is 0 Å². The lowest BCUT2D eigenvalue weighted by molar-refractivity contribution is -0.107. The molecule has 1 N–H and O–H groups in total. The summed E-state index contributed by atoms with van der Waals surface area (Å²) >= 11 is 0. The highest BCUT2D eigenvalue weighted by atomic mass is 19.1. The number of rotatable bonds is 6. The first-order chi connectivity index (χ1) is 11.7. The van der Waals surface area contributed by atoms with Gasteiger partial charge < -0.3 is 15.0 Å². The van der Waals surface area contributed by atoms with E-state index in [1.807, 2.05) is 6.07 Å². The van der Waals surface area contributed by atoms with Crippen LogP contribution in [0.2, 0.25) is 0 Å². The van der Waals surface area contributed by atoms with Gasteiger partial charge >= 0.3 is 0 Å². The van der Waals surface area contributed by atoms with Crippen molar-refractivity contribution in [1.29, 1.82) is 0 Å². The molecule has 1 aliphatic rings. The van der Waals surface area contributed by atoms with Gasteiger partial charge in [-0.2, -0.15) is 0 Å². The van der Waals surface area contributed by atoms with E-state index in [0.29, 0.717) is 24.9 Å². The van der Waals surface area contributed by atoms with E-state index < -0.39 is 0 Å². The minimum absolute atomic E-state index is 0.257. The van der Waals surface area contributed by atoms with Crippen LogP contribution in [0.4, 0.5) is 15.8 Å². The third-order valence-electron chi connectivity index (χ3n) is 4.58. The van der Waals surface area contributed by atoms with Crippen LogP contribution in [-0.2, 0) is 24.2 Å². The number of anilines is 2. The molecule has 0 fully saturated rings. The third kappa shape index (κ3) is 3.75. The zero-order chi connectivity index (χ0) is 16.9. The molecule has 0 atom stereocenters. The van der Waals surface area contributed by atoms with Gasteiger partial charge in [0.25, 0.3) is 0 Å². The standard InChI is InChI=1S/C20H23FN2O/c1-23-10-2-4-17-7-6-15(12-20(17)23)14-22-18-9-8-16(5-3-11-24)19(21)13-18/h6-9,11-13,22H,2-5,10,14H2,1H3. The molecule has 0 aliphatic carbocycles. The van der Waals surface area contributed by atoms with Gasteiger partial charge in [-0.15, -0.1) is 0 Å². The van der Waals surface area contributed by atoms with Crippen molar-refractivity contribution in [3.05, 3.63) is 58.9 Å². The highest BCUT2D eigenvalue weighted by Crippen LogP contribution is 2.27. The largest absolute Gasteiger partial charge is 0.381 e. The van der Waals surface area contributed by atoms with E-state index >= 15 is 0 Å². The maximum absolute atomic E-state index is 14.0. The number of halogens is 1. The number of hydrogen-bond acceptors (Lipinski definition) is 3. The van der Waals surface area contributed by atoms with Gasteiger partial charge in [0.15, 0.2) is 0 Å². The van der Waals surface area contributed by atoms with E-state index in [1.165, 1.54) is 29.3 Å². The number of carbonyl (C=O) groups is 1. The Hall–Kier alpha value is -2.36. The topological polar surface area (TPSA) is 32.3 Å². The molecule has 2 aromatic carbocycles. The van der Waals surface area contributed by atoms with Crippen LogP contribution >= 0.6 is 0 Å². The van der Waals surface area contributed by atoms with Crippen LogP contribution in [0.3, 0.4) is 0 Å². The molecule has 4 heteroatoms. The predicted octanol–water partition coefficient (Wildman–Crippen LogP) is 3.95. The van der Waals surface area contributed by atoms with Gasteiger partial charge in [0, 0.05) is 37.9 Å². The minimum atomic E-state index is -0.257. The molecule has 2 aromatic rings. The summed E-state index contributed by atoms with van der Waals surface area (Å²) in [5, 5.41) is 3.28. The molecule has 0 saturated heterocycles. The van der Waals surface area contributed by atoms with Crippen molar-refractivity contribution in [2.45, 2.75) is 32.2 Å². The second kappa shape index (κ2) is 7.47. The van der Waals surface area contributed by atoms with E-state index in [0.717, 1.165) is 24.9 Å². The molecule has 0 unspecified atom stereocenters. The molecular weight excluding hydrogens is 303 g/mol. The third-order valence-corrected chi connectivity index (χ3v) is 4.58. The smallest absolute Gasteiger partial charge is 0.128 e. The molecule has 3 nitrogen and oxygen atoms in total. The number of benzene rings is 2. The fraction of sp³-hybridized carbons (Fsp3) is 0.350. The Morgan fingerprint density at radius 3 is 2.92 bits per heavy atom. The van der Waals surface area contributed by atoms with Gasteiger partial charge in [0.05, 0.1) is 0 Å².